The zero-order valence-electron chi connectivity index (χ0n) is 14.4. The van der Waals surface area contributed by atoms with Crippen LogP contribution in [0.25, 0.3) is 11.2 Å². The van der Waals surface area contributed by atoms with E-state index >= 15 is 0 Å². The molecular formula is C18H15F2N5O2. The molecular weight excluding hydrogens is 356 g/mol. The molecule has 0 spiro atoms. The van der Waals surface area contributed by atoms with Gasteiger partial charge in [-0.1, -0.05) is 6.07 Å². The highest BCUT2D eigenvalue weighted by molar-refractivity contribution is 5.85. The van der Waals surface area contributed by atoms with Gasteiger partial charge in [-0.3, -0.25) is 0 Å². The molecule has 1 fully saturated rings. The van der Waals surface area contributed by atoms with Gasteiger partial charge < -0.3 is 10.5 Å². The Morgan fingerprint density at radius 3 is 2.89 bits per heavy atom. The predicted octanol–water partition coefficient (Wildman–Crippen LogP) is 3.00. The first kappa shape index (κ1) is 17.1. The molecule has 2 aromatic heterocycles. The average Bonchev–Trinajstić information content (AvgIpc) is 3.02. The molecule has 2 N–H and O–H groups in total. The van der Waals surface area contributed by atoms with Crippen LogP contribution in [0.1, 0.15) is 28.8 Å². The summed E-state index contributed by atoms with van der Waals surface area (Å²) in [5.41, 5.74) is 9.85. The molecule has 1 unspecified atom stereocenters. The van der Waals surface area contributed by atoms with E-state index in [0.717, 1.165) is 11.1 Å². The number of nitrogens with zero attached hydrogens (tertiary/aromatic N) is 4. The van der Waals surface area contributed by atoms with Crippen molar-refractivity contribution in [1.82, 2.24) is 15.3 Å². The number of nitrogen functional groups attached to an aromatic ring is 1. The van der Waals surface area contributed by atoms with Gasteiger partial charge in [-0.15, -0.1) is 0 Å². The van der Waals surface area contributed by atoms with E-state index in [1.807, 2.05) is 6.07 Å². The summed E-state index contributed by atoms with van der Waals surface area (Å²) >= 11 is 0. The van der Waals surface area contributed by atoms with Gasteiger partial charge in [0, 0.05) is 24.1 Å². The number of hydrogen-bond acceptors (Lipinski definition) is 7. The maximum absolute atomic E-state index is 13.1. The Balaban J connectivity index is 1.61. The van der Waals surface area contributed by atoms with Crippen molar-refractivity contribution in [3.05, 3.63) is 40.6 Å². The third kappa shape index (κ3) is 3.14. The summed E-state index contributed by atoms with van der Waals surface area (Å²) in [5.74, 6) is -3.18. The van der Waals surface area contributed by atoms with Crippen LogP contribution in [-0.2, 0) is 6.42 Å². The van der Waals surface area contributed by atoms with E-state index < -0.39 is 11.8 Å². The van der Waals surface area contributed by atoms with Crippen molar-refractivity contribution in [1.29, 1.82) is 5.26 Å². The number of alkyl halides is 2. The number of halogens is 2. The standard InChI is InChI=1S/C18H15F2N5O2/c1-9-13(15(22)16-17(23-9)25-27-24-16)4-10-2-3-11(7-21)14(5-10)26-8-12-6-18(12,19)20/h2-3,5,12H,4,6,8,22H2,1H3. The molecule has 1 aliphatic carbocycles. The van der Waals surface area contributed by atoms with Gasteiger partial charge in [-0.25, -0.2) is 18.4 Å². The van der Waals surface area contributed by atoms with Crippen molar-refractivity contribution in [2.75, 3.05) is 12.3 Å². The molecule has 1 atom stereocenters. The van der Waals surface area contributed by atoms with Gasteiger partial charge >= 0.3 is 0 Å². The number of fused-ring (bicyclic) bond motifs is 1. The topological polar surface area (TPSA) is 111 Å². The van der Waals surface area contributed by atoms with Crippen LogP contribution in [0, 0.1) is 24.2 Å². The fraction of sp³-hybridized carbons (Fsp3) is 0.333. The fourth-order valence-corrected chi connectivity index (χ4v) is 2.95. The molecule has 1 aromatic carbocycles. The van der Waals surface area contributed by atoms with Crippen molar-refractivity contribution in [3.63, 3.8) is 0 Å². The van der Waals surface area contributed by atoms with E-state index in [1.54, 1.807) is 25.1 Å². The van der Waals surface area contributed by atoms with Gasteiger partial charge in [-0.05, 0) is 34.9 Å². The number of ether oxygens (including phenoxy) is 1. The Bertz CT molecular complexity index is 1070. The van der Waals surface area contributed by atoms with Crippen molar-refractivity contribution in [3.8, 4) is 11.8 Å². The number of benzene rings is 1. The van der Waals surface area contributed by atoms with E-state index in [9.17, 15) is 14.0 Å². The number of hydrogen-bond donors (Lipinski definition) is 1. The van der Waals surface area contributed by atoms with E-state index in [4.69, 9.17) is 10.5 Å². The molecule has 1 aliphatic rings. The summed E-state index contributed by atoms with van der Waals surface area (Å²) in [6, 6.07) is 7.05. The highest BCUT2D eigenvalue weighted by Crippen LogP contribution is 2.48. The van der Waals surface area contributed by atoms with Crippen LogP contribution < -0.4 is 10.5 Å². The summed E-state index contributed by atoms with van der Waals surface area (Å²) < 4.78 is 36.3. The lowest BCUT2D eigenvalue weighted by molar-refractivity contribution is 0.0855. The molecule has 0 aliphatic heterocycles. The molecule has 4 rings (SSSR count). The number of nitrogens with two attached hydrogens (primary N) is 1. The smallest absolute Gasteiger partial charge is 0.255 e. The molecule has 9 heteroatoms. The molecule has 0 saturated heterocycles. The number of nitriles is 1. The second-order valence-corrected chi connectivity index (χ2v) is 6.62. The molecule has 0 bridgehead atoms. The molecule has 1 saturated carbocycles. The molecule has 0 amide bonds. The van der Waals surface area contributed by atoms with E-state index in [-0.39, 0.29) is 18.8 Å². The SMILES string of the molecule is Cc1nc2nonc2c(N)c1Cc1ccc(C#N)c(OCC2CC2(F)F)c1. The summed E-state index contributed by atoms with van der Waals surface area (Å²) in [6.45, 7) is 1.68. The van der Waals surface area contributed by atoms with Crippen molar-refractivity contribution in [2.45, 2.75) is 25.7 Å². The highest BCUT2D eigenvalue weighted by Gasteiger charge is 2.57. The lowest BCUT2D eigenvalue weighted by atomic mass is 10.0. The predicted molar refractivity (Wildman–Crippen MR) is 91.3 cm³/mol. The minimum absolute atomic E-state index is 0.121. The Morgan fingerprint density at radius 1 is 1.41 bits per heavy atom. The molecule has 27 heavy (non-hydrogen) atoms. The number of aromatic nitrogens is 3. The second-order valence-electron chi connectivity index (χ2n) is 6.62. The Labute approximate surface area is 152 Å². The lowest BCUT2D eigenvalue weighted by Crippen LogP contribution is -2.07. The zero-order valence-corrected chi connectivity index (χ0v) is 14.4. The Morgan fingerprint density at radius 2 is 2.19 bits per heavy atom. The first-order valence-electron chi connectivity index (χ1n) is 8.30. The van der Waals surface area contributed by atoms with Crippen LogP contribution in [0.2, 0.25) is 0 Å². The average molecular weight is 371 g/mol. The minimum atomic E-state index is -2.66. The van der Waals surface area contributed by atoms with Crippen LogP contribution in [0.15, 0.2) is 22.8 Å². The van der Waals surface area contributed by atoms with Crippen LogP contribution in [0.3, 0.4) is 0 Å². The van der Waals surface area contributed by atoms with Crippen molar-refractivity contribution in [2.24, 2.45) is 5.92 Å². The number of anilines is 1. The molecule has 3 aromatic rings. The number of rotatable bonds is 5. The minimum Gasteiger partial charge on any atom is -0.492 e. The zero-order chi connectivity index (χ0) is 19.2. The van der Waals surface area contributed by atoms with Crippen LogP contribution in [0.4, 0.5) is 14.5 Å². The normalized spacial score (nSPS) is 17.6. The number of aryl methyl sites for hydroxylation is 1. The Hall–Kier alpha value is -3.28. The van der Waals surface area contributed by atoms with E-state index in [1.165, 1.54) is 0 Å². The van der Waals surface area contributed by atoms with Gasteiger partial charge in [-0.2, -0.15) is 5.26 Å². The summed E-state index contributed by atoms with van der Waals surface area (Å²) in [6.07, 6.45) is 0.233. The largest absolute Gasteiger partial charge is 0.492 e. The van der Waals surface area contributed by atoms with E-state index in [0.29, 0.717) is 34.5 Å². The third-order valence-electron chi connectivity index (χ3n) is 4.70. The third-order valence-corrected chi connectivity index (χ3v) is 4.70. The van der Waals surface area contributed by atoms with Gasteiger partial charge in [0.2, 0.25) is 5.65 Å². The summed E-state index contributed by atoms with van der Waals surface area (Å²) in [7, 11) is 0. The van der Waals surface area contributed by atoms with Gasteiger partial charge in [0.15, 0.2) is 5.52 Å². The number of pyridine rings is 1. The van der Waals surface area contributed by atoms with Crippen molar-refractivity contribution >= 4 is 16.9 Å². The van der Waals surface area contributed by atoms with Crippen LogP contribution in [0.5, 0.6) is 5.75 Å². The summed E-state index contributed by atoms with van der Waals surface area (Å²) in [5, 5.41) is 16.7. The molecule has 138 valence electrons. The molecule has 7 nitrogen and oxygen atoms in total. The Kier molecular flexibility index (Phi) is 3.91. The summed E-state index contributed by atoms with van der Waals surface area (Å²) in [4.78, 5) is 4.32. The first-order valence-corrected chi connectivity index (χ1v) is 8.30. The monoisotopic (exact) mass is 371 g/mol. The second kappa shape index (κ2) is 6.16. The van der Waals surface area contributed by atoms with Crippen LogP contribution in [-0.4, -0.2) is 27.8 Å². The van der Waals surface area contributed by atoms with Gasteiger partial charge in [0.1, 0.15) is 11.8 Å². The molecule has 0 radical (unpaired) electrons. The maximum Gasteiger partial charge on any atom is 0.255 e. The molecule has 2 heterocycles. The maximum atomic E-state index is 13.1. The van der Waals surface area contributed by atoms with Gasteiger partial charge in [0.05, 0.1) is 23.8 Å². The fourth-order valence-electron chi connectivity index (χ4n) is 2.95. The van der Waals surface area contributed by atoms with Crippen LogP contribution >= 0.6 is 0 Å². The highest BCUT2D eigenvalue weighted by atomic mass is 19.3. The lowest BCUT2D eigenvalue weighted by Gasteiger charge is -2.12. The van der Waals surface area contributed by atoms with E-state index in [2.05, 4.69) is 19.9 Å². The van der Waals surface area contributed by atoms with Gasteiger partial charge in [0.25, 0.3) is 5.92 Å². The first-order chi connectivity index (χ1) is 12.9. The quantitative estimate of drug-likeness (QED) is 0.734. The van der Waals surface area contributed by atoms with Crippen molar-refractivity contribution < 1.29 is 18.1 Å².